The first-order chi connectivity index (χ1) is 5.88. The number of halogens is 3. The van der Waals surface area contributed by atoms with E-state index in [2.05, 4.69) is 4.76 Å². The van der Waals surface area contributed by atoms with Gasteiger partial charge in [0.2, 0.25) is 11.9 Å². The Morgan fingerprint density at radius 3 is 2.38 bits per heavy atom. The van der Waals surface area contributed by atoms with Gasteiger partial charge in [0, 0.05) is 18.6 Å². The second-order valence-electron chi connectivity index (χ2n) is 2.79. The van der Waals surface area contributed by atoms with Gasteiger partial charge in [0.25, 0.3) is 0 Å². The average molecular weight is 191 g/mol. The zero-order valence-electron chi connectivity index (χ0n) is 7.30. The number of rotatable bonds is 2. The summed E-state index contributed by atoms with van der Waals surface area (Å²) in [7, 11) is -5.25. The third-order valence-corrected chi connectivity index (χ3v) is 1.49. The molecule has 0 saturated carbocycles. The Morgan fingerprint density at radius 2 is 1.85 bits per heavy atom. The van der Waals surface area contributed by atoms with Crippen molar-refractivity contribution < 1.29 is 22.4 Å². The lowest BCUT2D eigenvalue weighted by Crippen LogP contribution is -2.54. The summed E-state index contributed by atoms with van der Waals surface area (Å²) in [5.74, 6) is 0. The lowest BCUT2D eigenvalue weighted by molar-refractivity contribution is -0.872. The van der Waals surface area contributed by atoms with Gasteiger partial charge in [0.1, 0.15) is 0 Å². The molecule has 72 valence electrons. The average Bonchev–Trinajstić information content (AvgIpc) is 1.94. The molecule has 1 aromatic rings. The molecule has 0 aliphatic carbocycles. The van der Waals surface area contributed by atoms with Crippen molar-refractivity contribution in [2.24, 2.45) is 0 Å². The standard InChI is InChI=1S/C7H9BF3NO/c1-6-3-4-7(2)12(5-6)13-8(9,10)11/h3-5H,1-2H3. The predicted octanol–water partition coefficient (Wildman–Crippen LogP) is 1.36. The van der Waals surface area contributed by atoms with E-state index in [0.717, 1.165) is 4.73 Å². The van der Waals surface area contributed by atoms with Crippen molar-refractivity contribution >= 4 is 7.18 Å². The molecule has 1 rings (SSSR count). The Kier molecular flexibility index (Phi) is 2.49. The molecule has 0 spiro atoms. The third-order valence-electron chi connectivity index (χ3n) is 1.49. The van der Waals surface area contributed by atoms with Crippen LogP contribution >= 0.6 is 0 Å². The van der Waals surface area contributed by atoms with E-state index in [0.29, 0.717) is 11.3 Å². The van der Waals surface area contributed by atoms with Crippen molar-refractivity contribution in [2.75, 3.05) is 0 Å². The first kappa shape index (κ1) is 9.89. The molecule has 0 N–H and O–H groups in total. The molecule has 0 aromatic carbocycles. The number of hydrogen-bond acceptors (Lipinski definition) is 1. The largest absolute Gasteiger partial charge is 0.752 e. The Hall–Kier alpha value is -1.20. The van der Waals surface area contributed by atoms with Crippen LogP contribution in [-0.2, 0) is 0 Å². The summed E-state index contributed by atoms with van der Waals surface area (Å²) in [6, 6.07) is 3.29. The smallest absolute Gasteiger partial charge is 0.407 e. The molecule has 0 unspecified atom stereocenters. The molecule has 0 fully saturated rings. The molecule has 6 heteroatoms. The highest BCUT2D eigenvalue weighted by Gasteiger charge is 2.34. The van der Waals surface area contributed by atoms with Gasteiger partial charge in [0.15, 0.2) is 0 Å². The Morgan fingerprint density at radius 1 is 1.23 bits per heavy atom. The number of aromatic nitrogens is 1. The number of nitrogens with zero attached hydrogens (tertiary/aromatic N) is 1. The summed E-state index contributed by atoms with van der Waals surface area (Å²) in [4.78, 5) is 0. The van der Waals surface area contributed by atoms with Crippen LogP contribution in [0.3, 0.4) is 0 Å². The fraction of sp³-hybridized carbons (Fsp3) is 0.286. The maximum absolute atomic E-state index is 11.9. The van der Waals surface area contributed by atoms with E-state index in [-0.39, 0.29) is 0 Å². The SMILES string of the molecule is Cc1ccc(C)[n+](O[B-](F)(F)F)c1. The van der Waals surface area contributed by atoms with Crippen molar-refractivity contribution in [3.8, 4) is 0 Å². The normalized spacial score (nSPS) is 11.5. The first-order valence-electron chi connectivity index (χ1n) is 3.75. The van der Waals surface area contributed by atoms with E-state index in [1.807, 2.05) is 0 Å². The van der Waals surface area contributed by atoms with Crippen LogP contribution in [0.5, 0.6) is 0 Å². The zero-order chi connectivity index (χ0) is 10.1. The van der Waals surface area contributed by atoms with E-state index in [4.69, 9.17) is 0 Å². The molecular formula is C7H9BF3NO. The number of aryl methyl sites for hydroxylation is 2. The van der Waals surface area contributed by atoms with Gasteiger partial charge in [-0.05, 0) is 17.7 Å². The molecule has 2 nitrogen and oxygen atoms in total. The van der Waals surface area contributed by atoms with Crippen LogP contribution < -0.4 is 9.49 Å². The van der Waals surface area contributed by atoms with Crippen LogP contribution in [0, 0.1) is 13.8 Å². The monoisotopic (exact) mass is 191 g/mol. The molecule has 0 aliphatic heterocycles. The minimum atomic E-state index is -5.25. The number of hydrogen-bond donors (Lipinski definition) is 0. The van der Waals surface area contributed by atoms with E-state index >= 15 is 0 Å². The van der Waals surface area contributed by atoms with Crippen LogP contribution in [0.1, 0.15) is 11.3 Å². The van der Waals surface area contributed by atoms with Gasteiger partial charge in [-0.2, -0.15) is 0 Å². The van der Waals surface area contributed by atoms with Crippen LogP contribution in [0.25, 0.3) is 0 Å². The van der Waals surface area contributed by atoms with Crippen molar-refractivity contribution in [2.45, 2.75) is 13.8 Å². The maximum Gasteiger partial charge on any atom is 0.752 e. The number of pyridine rings is 1. The van der Waals surface area contributed by atoms with Gasteiger partial charge in [-0.1, -0.05) is 0 Å². The van der Waals surface area contributed by atoms with Gasteiger partial charge in [-0.15, -0.1) is 0 Å². The van der Waals surface area contributed by atoms with Crippen molar-refractivity contribution in [1.82, 2.24) is 0 Å². The molecular weight excluding hydrogens is 182 g/mol. The lowest BCUT2D eigenvalue weighted by atomic mass is 10.3. The van der Waals surface area contributed by atoms with E-state index in [1.54, 1.807) is 26.0 Å². The summed E-state index contributed by atoms with van der Waals surface area (Å²) in [5, 5.41) is 0. The van der Waals surface area contributed by atoms with Gasteiger partial charge >= 0.3 is 7.18 Å². The van der Waals surface area contributed by atoms with Crippen LogP contribution in [0.4, 0.5) is 12.9 Å². The van der Waals surface area contributed by atoms with Gasteiger partial charge in [-0.25, -0.2) is 0 Å². The maximum atomic E-state index is 11.9. The van der Waals surface area contributed by atoms with Crippen LogP contribution in [0.15, 0.2) is 18.3 Å². The Balaban J connectivity index is 2.94. The van der Waals surface area contributed by atoms with E-state index in [1.165, 1.54) is 6.20 Å². The first-order valence-corrected chi connectivity index (χ1v) is 3.75. The third kappa shape index (κ3) is 2.97. The second-order valence-corrected chi connectivity index (χ2v) is 2.79. The fourth-order valence-electron chi connectivity index (χ4n) is 0.898. The quantitative estimate of drug-likeness (QED) is 0.508. The molecule has 0 saturated heterocycles. The van der Waals surface area contributed by atoms with Gasteiger partial charge in [-0.3, -0.25) is 0 Å². The van der Waals surface area contributed by atoms with Crippen molar-refractivity contribution in [3.05, 3.63) is 29.6 Å². The van der Waals surface area contributed by atoms with E-state index in [9.17, 15) is 12.9 Å². The van der Waals surface area contributed by atoms with Crippen molar-refractivity contribution in [1.29, 1.82) is 0 Å². The highest BCUT2D eigenvalue weighted by atomic mass is 19.4. The summed E-state index contributed by atoms with van der Waals surface area (Å²) >= 11 is 0. The lowest BCUT2D eigenvalue weighted by Gasteiger charge is -2.11. The second kappa shape index (κ2) is 3.28. The molecule has 0 radical (unpaired) electrons. The van der Waals surface area contributed by atoms with Crippen molar-refractivity contribution in [3.63, 3.8) is 0 Å². The summed E-state index contributed by atoms with van der Waals surface area (Å²) in [5.41, 5.74) is 1.12. The minimum Gasteiger partial charge on any atom is -0.407 e. The van der Waals surface area contributed by atoms with E-state index < -0.39 is 7.18 Å². The molecule has 0 bridgehead atoms. The predicted molar refractivity (Wildman–Crippen MR) is 41.8 cm³/mol. The fourth-order valence-corrected chi connectivity index (χ4v) is 0.898. The Labute approximate surface area is 74.0 Å². The summed E-state index contributed by atoms with van der Waals surface area (Å²) < 4.78 is 40.1. The van der Waals surface area contributed by atoms with Crippen LogP contribution in [-0.4, -0.2) is 7.18 Å². The van der Waals surface area contributed by atoms with Gasteiger partial charge in [0.05, 0.1) is 0 Å². The molecule has 1 aromatic heterocycles. The zero-order valence-corrected chi connectivity index (χ0v) is 7.30. The molecule has 0 aliphatic rings. The molecule has 0 atom stereocenters. The summed E-state index contributed by atoms with van der Waals surface area (Å²) in [6.07, 6.45) is 1.30. The molecule has 0 amide bonds. The topological polar surface area (TPSA) is 13.1 Å². The van der Waals surface area contributed by atoms with Crippen LogP contribution in [0.2, 0.25) is 0 Å². The minimum absolute atomic E-state index is 0.407. The summed E-state index contributed by atoms with van der Waals surface area (Å²) in [6.45, 7) is 3.24. The molecule has 1 heterocycles. The van der Waals surface area contributed by atoms with Gasteiger partial charge < -0.3 is 17.7 Å². The highest BCUT2D eigenvalue weighted by molar-refractivity contribution is 6.50. The Bertz CT molecular complexity index is 313. The molecule has 13 heavy (non-hydrogen) atoms. The highest BCUT2D eigenvalue weighted by Crippen LogP contribution is 2.04.